The molecule has 12 aliphatic carbocycles. The van der Waals surface area contributed by atoms with Gasteiger partial charge in [-0.3, -0.25) is 19.2 Å². The van der Waals surface area contributed by atoms with Gasteiger partial charge in [0.15, 0.2) is 0 Å². The van der Waals surface area contributed by atoms with Crippen molar-refractivity contribution >= 4 is 61.6 Å². The number of benzene rings is 4. The second-order valence-corrected chi connectivity index (χ2v) is 33.1. The average Bonchev–Trinajstić information content (AvgIpc) is 1.47. The zero-order valence-corrected chi connectivity index (χ0v) is 56.4. The van der Waals surface area contributed by atoms with Crippen LogP contribution in [0, 0.1) is 69.0 Å². The van der Waals surface area contributed by atoms with Crippen molar-refractivity contribution in [3.05, 3.63) is 138 Å². The summed E-state index contributed by atoms with van der Waals surface area (Å²) in [5.41, 5.74) is 12.5. The Hall–Kier alpha value is -5.73. The van der Waals surface area contributed by atoms with Gasteiger partial charge in [0.2, 0.25) is 0 Å². The highest BCUT2D eigenvalue weighted by molar-refractivity contribution is 9.11. The number of ether oxygens (including phenoxy) is 1. The monoisotopic (exact) mass is 1370 g/mol. The smallest absolute Gasteiger partial charge is 0.337 e. The molecular formula is C80H103BrO12S. The lowest BCUT2D eigenvalue weighted by Crippen LogP contribution is -2.42. The van der Waals surface area contributed by atoms with E-state index in [1.165, 1.54) is 58.0 Å². The average molecular weight is 1370 g/mol. The maximum atomic E-state index is 12.4. The lowest BCUT2D eigenvalue weighted by atomic mass is 9.55. The third-order valence-corrected chi connectivity index (χ3v) is 28.6. The van der Waals surface area contributed by atoms with E-state index in [0.717, 1.165) is 164 Å². The van der Waals surface area contributed by atoms with Gasteiger partial charge in [0, 0.05) is 51.0 Å². The van der Waals surface area contributed by atoms with Crippen molar-refractivity contribution in [2.45, 2.75) is 221 Å². The molecule has 12 nitrogen and oxygen atoms in total. The maximum Gasteiger partial charge on any atom is 0.337 e. The fourth-order valence-corrected chi connectivity index (χ4v) is 23.2. The number of halogens is 1. The van der Waals surface area contributed by atoms with Gasteiger partial charge >= 0.3 is 22.1 Å². The summed E-state index contributed by atoms with van der Waals surface area (Å²) in [7, 11) is -2.06. The van der Waals surface area contributed by atoms with Gasteiger partial charge in [0.25, 0.3) is 0 Å². The first-order valence-electron chi connectivity index (χ1n) is 34.2. The fraction of sp³-hybridized carbons (Fsp3) is 0.600. The van der Waals surface area contributed by atoms with Gasteiger partial charge in [-0.05, 0) is 292 Å². The van der Waals surface area contributed by atoms with Gasteiger partial charge in [-0.25, -0.2) is 9.59 Å². The van der Waals surface area contributed by atoms with Crippen LogP contribution in [0.15, 0.2) is 82.9 Å². The molecule has 0 spiro atoms. The van der Waals surface area contributed by atoms with Gasteiger partial charge in [-0.1, -0.05) is 90.2 Å². The summed E-state index contributed by atoms with van der Waals surface area (Å²) in [5, 5.41) is 18.9. The van der Waals surface area contributed by atoms with Crippen molar-refractivity contribution in [3.8, 4) is 11.5 Å². The highest BCUT2D eigenvalue weighted by Crippen LogP contribution is 2.65. The number of aromatic carboxylic acids is 1. The minimum absolute atomic E-state index is 0. The number of hydrogen-bond donors (Lipinski definition) is 2. The van der Waals surface area contributed by atoms with Crippen LogP contribution in [0.1, 0.15) is 261 Å². The molecule has 0 bridgehead atoms. The van der Waals surface area contributed by atoms with Crippen LogP contribution in [0.2, 0.25) is 0 Å². The quantitative estimate of drug-likeness (QED) is 0.109. The molecule has 0 amide bonds. The van der Waals surface area contributed by atoms with E-state index in [-0.39, 0.29) is 49.9 Å². The molecule has 16 atom stereocenters. The van der Waals surface area contributed by atoms with Crippen LogP contribution >= 0.6 is 15.9 Å². The van der Waals surface area contributed by atoms with Crippen LogP contribution in [0.25, 0.3) is 0 Å². The number of hydrogen-bond acceptors (Lipinski definition) is 11. The number of phenolic OH excluding ortho intramolecular Hbond substituents is 1. The van der Waals surface area contributed by atoms with E-state index in [9.17, 15) is 47.4 Å². The first kappa shape index (κ1) is 71.1. The summed E-state index contributed by atoms with van der Waals surface area (Å²) in [4.78, 5) is 71.4. The normalized spacial score (nSPS) is 34.6. The molecule has 508 valence electrons. The number of phenols is 1. The van der Waals surface area contributed by atoms with Gasteiger partial charge in [0.05, 0.1) is 24.5 Å². The molecule has 0 heterocycles. The van der Waals surface area contributed by atoms with Crippen LogP contribution in [0.4, 0.5) is 0 Å². The van der Waals surface area contributed by atoms with Crippen LogP contribution in [0.3, 0.4) is 0 Å². The number of carbonyl (C=O) groups is 6. The molecular weight excluding hydrogens is 1260 g/mol. The summed E-state index contributed by atoms with van der Waals surface area (Å²) in [5.74, 6) is 8.01. The highest BCUT2D eigenvalue weighted by Gasteiger charge is 2.58. The lowest BCUT2D eigenvalue weighted by molar-refractivity contribution is -0.130. The van der Waals surface area contributed by atoms with E-state index in [4.69, 9.17) is 8.92 Å². The minimum atomic E-state index is -3.49. The molecule has 7 fully saturated rings. The van der Waals surface area contributed by atoms with E-state index in [1.54, 1.807) is 12.1 Å². The number of Topliss-reactive ketones (excluding diaryl/α,β-unsaturated/α-hetero) is 3. The number of rotatable bonds is 5. The Bertz CT molecular complexity index is 3790. The summed E-state index contributed by atoms with van der Waals surface area (Å²) in [6.45, 7) is 8.91. The Morgan fingerprint density at radius 2 is 0.883 bits per heavy atom. The van der Waals surface area contributed by atoms with E-state index < -0.39 is 16.1 Å². The van der Waals surface area contributed by atoms with E-state index in [1.807, 2.05) is 48.5 Å². The van der Waals surface area contributed by atoms with E-state index >= 15 is 0 Å². The third-order valence-electron chi connectivity index (χ3n) is 26.7. The Balaban J connectivity index is 0.000000136. The molecule has 12 aliphatic rings. The molecule has 12 unspecified atom stereocenters. The molecule has 4 aromatic rings. The van der Waals surface area contributed by atoms with E-state index in [2.05, 4.69) is 55.8 Å². The predicted molar refractivity (Wildman–Crippen MR) is 372 cm³/mol. The molecule has 0 aliphatic heterocycles. The first-order chi connectivity index (χ1) is 43.4. The van der Waals surface area contributed by atoms with E-state index in [0.29, 0.717) is 111 Å². The second-order valence-electron chi connectivity index (χ2n) is 30.7. The summed E-state index contributed by atoms with van der Waals surface area (Å²) in [6.07, 6.45) is 25.6. The Kier molecular flexibility index (Phi) is 20.4. The van der Waals surface area contributed by atoms with Crippen molar-refractivity contribution < 1.29 is 56.3 Å². The minimum Gasteiger partial charge on any atom is -0.508 e. The molecule has 0 radical (unpaired) electrons. The highest BCUT2D eigenvalue weighted by atomic mass is 79.9. The van der Waals surface area contributed by atoms with Crippen LogP contribution < -0.4 is 4.18 Å². The van der Waals surface area contributed by atoms with Crippen molar-refractivity contribution in [2.24, 2.45) is 69.0 Å². The predicted octanol–water partition coefficient (Wildman–Crippen LogP) is 17.8. The van der Waals surface area contributed by atoms with Crippen LogP contribution in [0.5, 0.6) is 11.5 Å². The number of carboxylic acids is 1. The van der Waals surface area contributed by atoms with Crippen LogP contribution in [-0.4, -0.2) is 67.6 Å². The Morgan fingerprint density at radius 3 is 1.30 bits per heavy atom. The molecule has 94 heavy (non-hydrogen) atoms. The van der Waals surface area contributed by atoms with Crippen molar-refractivity contribution in [2.75, 3.05) is 13.4 Å². The Labute approximate surface area is 568 Å². The summed E-state index contributed by atoms with van der Waals surface area (Å²) < 4.78 is 33.7. The maximum absolute atomic E-state index is 12.4. The number of aryl methyl sites for hydroxylation is 4. The van der Waals surface area contributed by atoms with Crippen molar-refractivity contribution in [3.63, 3.8) is 0 Å². The largest absolute Gasteiger partial charge is 0.508 e. The first-order valence-corrected chi connectivity index (χ1v) is 36.8. The fourth-order valence-electron chi connectivity index (χ4n) is 22.0. The SMILES string of the molecule is C.C.C.COC(=O)c1ccc2c(c1)CCC1C2CC[C@]2(C)C(=O)CCC12.C[C@]12CCC3c4ccc(C(=O)O)cc4CCC3C1CC(C=O)=C2Br.C[C@]12CCC3c4ccc(O)cc4CCC3C1CCC2=O.C[C@]12CCC3c4ccc(OS(C)(=O)=O)cc4CCC3C1CCC2=O. The topological polar surface area (TPSA) is 195 Å². The number of carbonyl (C=O) groups excluding carboxylic acids is 5. The number of esters is 1. The molecule has 4 aromatic carbocycles. The lowest BCUT2D eigenvalue weighted by Gasteiger charge is -2.49. The van der Waals surface area contributed by atoms with Crippen molar-refractivity contribution in [1.29, 1.82) is 0 Å². The second kappa shape index (κ2) is 26.9. The Morgan fingerprint density at radius 1 is 0.511 bits per heavy atom. The summed E-state index contributed by atoms with van der Waals surface area (Å²) in [6, 6.07) is 23.3. The number of fused-ring (bicyclic) bond motifs is 20. The van der Waals surface area contributed by atoms with Gasteiger partial charge in [0.1, 0.15) is 35.1 Å². The molecule has 14 heteroatoms. The van der Waals surface area contributed by atoms with Gasteiger partial charge in [-0.2, -0.15) is 8.42 Å². The number of ketones is 3. The molecule has 16 rings (SSSR count). The zero-order valence-electron chi connectivity index (χ0n) is 54.0. The number of aromatic hydroxyl groups is 1. The van der Waals surface area contributed by atoms with Gasteiger partial charge < -0.3 is 19.1 Å². The molecule has 2 N–H and O–H groups in total. The number of allylic oxidation sites excluding steroid dienone is 2. The molecule has 7 saturated carbocycles. The van der Waals surface area contributed by atoms with Crippen LogP contribution in [-0.2, 0) is 59.7 Å². The molecule has 0 saturated heterocycles. The number of aldehydes is 1. The number of carboxylic acid groups (broad SMARTS) is 1. The summed E-state index contributed by atoms with van der Waals surface area (Å²) >= 11 is 3.72. The van der Waals surface area contributed by atoms with Gasteiger partial charge in [-0.15, -0.1) is 0 Å². The zero-order chi connectivity index (χ0) is 64.3. The van der Waals surface area contributed by atoms with Crippen molar-refractivity contribution in [1.82, 2.24) is 0 Å². The standard InChI is InChI=1S/C20H21BrO3.C20H24O3.C19H24O4S.C18H22O2.3CH4/c1-20-7-6-15-14-4-3-12(19(23)24)8-11(14)2-5-16(15)17(20)9-13(10-22)18(20)21;1-20-10-9-15-14-5-4-13(19(22)23-2)11-12(14)3-6-16(15)17(20)7-8-18(20)21;1-19-10-9-15-14-6-4-13(23-24(2,21)22)11-12(14)3-5-16(15)17(19)7-8-18(19)20;1-18-9-8-14-13-5-3-12(19)10-11(13)2-4-15(14)16(18)6-7-17(18)20;;;/h3-4,8,10,15-17H,2,5-7,9H2,1H3,(H,23,24);4-5,11,15-17H,3,6-10H2,1-2H3;4,6,11,15-17H,3,5,7-10H2,1-2H3;3,5,10,14-16,19H,2,4,6-9H2,1H3;3*1H4/t2*15?,16?,17?,20-;15?,16?,17?,19-;14?,15?,16?,18-;;;/m0000.../s1. The number of methoxy groups -OCH3 is 1. The third kappa shape index (κ3) is 12.3. The molecule has 0 aromatic heterocycles.